The highest BCUT2D eigenvalue weighted by Gasteiger charge is 2.43. The van der Waals surface area contributed by atoms with Gasteiger partial charge in [-0.05, 0) is 18.6 Å². The lowest BCUT2D eigenvalue weighted by atomic mass is 9.74. The molecule has 26 heavy (non-hydrogen) atoms. The third-order valence-electron chi connectivity index (χ3n) is 4.21. The van der Waals surface area contributed by atoms with Crippen molar-refractivity contribution in [2.45, 2.75) is 12.8 Å². The SMILES string of the molecule is COC(=O)C1=C(CN=O)N=C(C)C(C(=O)OC)C1c1ccccc1C#N. The molecule has 0 saturated carbocycles. The number of nitriles is 1. The van der Waals surface area contributed by atoms with E-state index in [4.69, 9.17) is 9.47 Å². The van der Waals surface area contributed by atoms with E-state index in [9.17, 15) is 19.8 Å². The summed E-state index contributed by atoms with van der Waals surface area (Å²) in [6.45, 7) is 1.24. The number of ether oxygens (including phenoxy) is 2. The van der Waals surface area contributed by atoms with E-state index < -0.39 is 23.8 Å². The molecule has 2 atom stereocenters. The van der Waals surface area contributed by atoms with Crippen LogP contribution in [-0.2, 0) is 19.1 Å². The van der Waals surface area contributed by atoms with Crippen molar-refractivity contribution in [3.8, 4) is 6.07 Å². The molecule has 2 rings (SSSR count). The first-order valence-corrected chi connectivity index (χ1v) is 7.72. The lowest BCUT2D eigenvalue weighted by Gasteiger charge is -2.31. The third kappa shape index (κ3) is 3.37. The van der Waals surface area contributed by atoms with Crippen LogP contribution in [0.2, 0.25) is 0 Å². The maximum Gasteiger partial charge on any atom is 0.336 e. The molecule has 0 amide bonds. The van der Waals surface area contributed by atoms with E-state index in [0.717, 1.165) is 0 Å². The summed E-state index contributed by atoms with van der Waals surface area (Å²) in [4.78, 5) is 40.0. The Bertz CT molecular complexity index is 851. The highest BCUT2D eigenvalue weighted by Crippen LogP contribution is 2.41. The molecule has 0 saturated heterocycles. The van der Waals surface area contributed by atoms with Gasteiger partial charge in [0.05, 0.1) is 37.1 Å². The molecular formula is C18H17N3O5. The molecule has 2 unspecified atom stereocenters. The number of hydrogen-bond donors (Lipinski definition) is 0. The minimum atomic E-state index is -0.931. The number of hydrogen-bond acceptors (Lipinski definition) is 8. The van der Waals surface area contributed by atoms with Crippen molar-refractivity contribution in [1.29, 1.82) is 5.26 Å². The summed E-state index contributed by atoms with van der Waals surface area (Å²) in [5.74, 6) is -3.16. The van der Waals surface area contributed by atoms with E-state index in [0.29, 0.717) is 16.8 Å². The summed E-state index contributed by atoms with van der Waals surface area (Å²) in [7, 11) is 2.42. The van der Waals surface area contributed by atoms with Gasteiger partial charge in [0.25, 0.3) is 0 Å². The van der Waals surface area contributed by atoms with Crippen molar-refractivity contribution < 1.29 is 19.1 Å². The van der Waals surface area contributed by atoms with Gasteiger partial charge >= 0.3 is 11.9 Å². The van der Waals surface area contributed by atoms with Gasteiger partial charge in [0, 0.05) is 11.6 Å². The Kier molecular flexibility index (Phi) is 5.96. The molecule has 0 bridgehead atoms. The topological polar surface area (TPSA) is 118 Å². The van der Waals surface area contributed by atoms with Gasteiger partial charge in [0.15, 0.2) is 0 Å². The van der Waals surface area contributed by atoms with Gasteiger partial charge in [-0.3, -0.25) is 9.79 Å². The van der Waals surface area contributed by atoms with Gasteiger partial charge in [-0.25, -0.2) is 4.79 Å². The number of benzene rings is 1. The number of esters is 2. The van der Waals surface area contributed by atoms with Crippen LogP contribution in [0, 0.1) is 22.2 Å². The molecule has 1 aromatic carbocycles. The van der Waals surface area contributed by atoms with E-state index in [2.05, 4.69) is 16.2 Å². The van der Waals surface area contributed by atoms with Crippen LogP contribution >= 0.6 is 0 Å². The van der Waals surface area contributed by atoms with Crippen molar-refractivity contribution in [2.24, 2.45) is 16.1 Å². The predicted molar refractivity (Wildman–Crippen MR) is 92.2 cm³/mol. The Balaban J connectivity index is 2.82. The number of methoxy groups -OCH3 is 2. The van der Waals surface area contributed by atoms with Crippen molar-refractivity contribution in [1.82, 2.24) is 0 Å². The molecule has 134 valence electrons. The summed E-state index contributed by atoms with van der Waals surface area (Å²) < 4.78 is 9.72. The normalized spacial score (nSPS) is 19.2. The monoisotopic (exact) mass is 355 g/mol. The lowest BCUT2D eigenvalue weighted by Crippen LogP contribution is -2.37. The third-order valence-corrected chi connectivity index (χ3v) is 4.21. The summed E-state index contributed by atoms with van der Waals surface area (Å²) in [6, 6.07) is 8.65. The molecule has 8 nitrogen and oxygen atoms in total. The lowest BCUT2D eigenvalue weighted by molar-refractivity contribution is -0.143. The standard InChI is InChI=1S/C18H17N3O5/c1-10-14(17(22)25-2)15(12-7-5-4-6-11(12)8-19)16(18(23)26-3)13(21-10)9-20-24/h4-7,14-15H,9H2,1-3H3. The van der Waals surface area contributed by atoms with E-state index in [1.807, 2.05) is 0 Å². The zero-order valence-electron chi connectivity index (χ0n) is 14.6. The largest absolute Gasteiger partial charge is 0.468 e. The average molecular weight is 355 g/mol. The van der Waals surface area contributed by atoms with Crippen LogP contribution in [0.25, 0.3) is 0 Å². The molecule has 1 aliphatic heterocycles. The zero-order valence-corrected chi connectivity index (χ0v) is 14.6. The van der Waals surface area contributed by atoms with Crippen LogP contribution in [0.1, 0.15) is 24.0 Å². The molecule has 1 aliphatic rings. The number of carbonyl (C=O) groups is 2. The highest BCUT2D eigenvalue weighted by atomic mass is 16.5. The Labute approximate surface area is 150 Å². The van der Waals surface area contributed by atoms with E-state index in [1.165, 1.54) is 14.2 Å². The second kappa shape index (κ2) is 8.16. The Morgan fingerprint density at radius 2 is 1.96 bits per heavy atom. The van der Waals surface area contributed by atoms with Crippen molar-refractivity contribution in [3.63, 3.8) is 0 Å². The maximum absolute atomic E-state index is 12.5. The minimum Gasteiger partial charge on any atom is -0.468 e. The fourth-order valence-corrected chi connectivity index (χ4v) is 3.11. The van der Waals surface area contributed by atoms with Crippen LogP contribution < -0.4 is 0 Å². The Morgan fingerprint density at radius 1 is 1.27 bits per heavy atom. The van der Waals surface area contributed by atoms with Crippen LogP contribution in [0.15, 0.2) is 45.7 Å². The number of nitroso groups, excluding NO2 is 1. The number of rotatable bonds is 5. The molecule has 0 aliphatic carbocycles. The average Bonchev–Trinajstić information content (AvgIpc) is 2.66. The van der Waals surface area contributed by atoms with Gasteiger partial charge in [-0.2, -0.15) is 10.2 Å². The quantitative estimate of drug-likeness (QED) is 0.589. The Hall–Kier alpha value is -3.34. The summed E-state index contributed by atoms with van der Waals surface area (Å²) in [5, 5.41) is 12.3. The van der Waals surface area contributed by atoms with Crippen molar-refractivity contribution >= 4 is 17.7 Å². The number of nitrogens with zero attached hydrogens (tertiary/aromatic N) is 3. The summed E-state index contributed by atoms with van der Waals surface area (Å²) >= 11 is 0. The zero-order chi connectivity index (χ0) is 19.3. The fraction of sp³-hybridized carbons (Fsp3) is 0.333. The van der Waals surface area contributed by atoms with Gasteiger partial charge < -0.3 is 9.47 Å². The van der Waals surface area contributed by atoms with E-state index >= 15 is 0 Å². The van der Waals surface area contributed by atoms with Crippen molar-refractivity contribution in [3.05, 3.63) is 51.6 Å². The molecule has 0 fully saturated rings. The predicted octanol–water partition coefficient (Wildman–Crippen LogP) is 2.10. The fourth-order valence-electron chi connectivity index (χ4n) is 3.11. The molecule has 8 heteroatoms. The molecule has 0 N–H and O–H groups in total. The second-order valence-electron chi connectivity index (χ2n) is 5.57. The van der Waals surface area contributed by atoms with Gasteiger partial charge in [-0.15, -0.1) is 0 Å². The summed E-state index contributed by atoms with van der Waals surface area (Å²) in [5.41, 5.74) is 1.24. The first kappa shape index (κ1) is 19.0. The van der Waals surface area contributed by atoms with Gasteiger partial charge in [0.1, 0.15) is 12.5 Å². The Morgan fingerprint density at radius 3 is 2.54 bits per heavy atom. The van der Waals surface area contributed by atoms with Gasteiger partial charge in [-0.1, -0.05) is 23.4 Å². The number of aliphatic imine (C=N–C) groups is 1. The summed E-state index contributed by atoms with van der Waals surface area (Å²) in [6.07, 6.45) is 0. The molecule has 1 heterocycles. The van der Waals surface area contributed by atoms with E-state index in [1.54, 1.807) is 31.2 Å². The molecule has 0 radical (unpaired) electrons. The molecular weight excluding hydrogens is 338 g/mol. The van der Waals surface area contributed by atoms with Crippen LogP contribution in [-0.4, -0.2) is 38.4 Å². The first-order chi connectivity index (χ1) is 12.5. The smallest absolute Gasteiger partial charge is 0.336 e. The molecule has 1 aromatic rings. The van der Waals surface area contributed by atoms with Gasteiger partial charge in [0.2, 0.25) is 0 Å². The van der Waals surface area contributed by atoms with E-state index in [-0.39, 0.29) is 17.8 Å². The first-order valence-electron chi connectivity index (χ1n) is 7.72. The highest BCUT2D eigenvalue weighted by molar-refractivity contribution is 6.07. The molecule has 0 spiro atoms. The maximum atomic E-state index is 12.5. The van der Waals surface area contributed by atoms with Crippen LogP contribution in [0.5, 0.6) is 0 Å². The molecule has 0 aromatic heterocycles. The van der Waals surface area contributed by atoms with Crippen LogP contribution in [0.3, 0.4) is 0 Å². The number of carbonyl (C=O) groups excluding carboxylic acids is 2. The second-order valence-corrected chi connectivity index (χ2v) is 5.57. The minimum absolute atomic E-state index is 0.0239. The van der Waals surface area contributed by atoms with Crippen molar-refractivity contribution in [2.75, 3.05) is 20.8 Å². The van der Waals surface area contributed by atoms with Crippen LogP contribution in [0.4, 0.5) is 0 Å².